The smallest absolute Gasteiger partial charge is 0.171 e. The molecule has 3 nitrogen and oxygen atoms in total. The van der Waals surface area contributed by atoms with E-state index in [4.69, 9.17) is 14.9 Å². The minimum absolute atomic E-state index is 0.229. The van der Waals surface area contributed by atoms with Crippen LogP contribution in [0.1, 0.15) is 31.0 Å². The monoisotopic (exact) mass is 341 g/mol. The number of rotatable bonds is 5. The van der Waals surface area contributed by atoms with Crippen LogP contribution in [-0.2, 0) is 0 Å². The van der Waals surface area contributed by atoms with E-state index in [2.05, 4.69) is 15.9 Å². The SMILES string of the molecule is CCC(N)C(Oc1ccc(Br)c(F)c1)c1ccc(C)o1. The number of hydrogen-bond acceptors (Lipinski definition) is 3. The Morgan fingerprint density at radius 1 is 1.35 bits per heavy atom. The van der Waals surface area contributed by atoms with Crippen molar-refractivity contribution in [2.45, 2.75) is 32.4 Å². The molecule has 0 radical (unpaired) electrons. The van der Waals surface area contributed by atoms with E-state index in [1.54, 1.807) is 12.1 Å². The molecule has 0 saturated carbocycles. The third kappa shape index (κ3) is 3.41. The number of hydrogen-bond donors (Lipinski definition) is 1. The first-order chi connectivity index (χ1) is 9.51. The first-order valence-electron chi connectivity index (χ1n) is 6.45. The molecule has 0 spiro atoms. The fraction of sp³-hybridized carbons (Fsp3) is 0.333. The molecule has 5 heteroatoms. The summed E-state index contributed by atoms with van der Waals surface area (Å²) >= 11 is 3.11. The first kappa shape index (κ1) is 15.1. The maximum Gasteiger partial charge on any atom is 0.171 e. The minimum atomic E-state index is -0.436. The van der Waals surface area contributed by atoms with Gasteiger partial charge in [-0.25, -0.2) is 4.39 Å². The third-order valence-electron chi connectivity index (χ3n) is 3.06. The Hall–Kier alpha value is -1.33. The lowest BCUT2D eigenvalue weighted by Gasteiger charge is -2.22. The van der Waals surface area contributed by atoms with E-state index in [0.29, 0.717) is 16.0 Å². The van der Waals surface area contributed by atoms with E-state index in [-0.39, 0.29) is 11.9 Å². The van der Waals surface area contributed by atoms with Crippen molar-refractivity contribution in [3.63, 3.8) is 0 Å². The van der Waals surface area contributed by atoms with Crippen molar-refractivity contribution in [2.24, 2.45) is 5.73 Å². The Bertz CT molecular complexity index is 585. The van der Waals surface area contributed by atoms with Crippen LogP contribution in [0.2, 0.25) is 0 Å². The summed E-state index contributed by atoms with van der Waals surface area (Å²) in [5, 5.41) is 0. The predicted octanol–water partition coefficient (Wildman–Crippen LogP) is 4.35. The molecular formula is C15H17BrFNO2. The molecule has 0 saturated heterocycles. The zero-order chi connectivity index (χ0) is 14.7. The van der Waals surface area contributed by atoms with E-state index in [1.807, 2.05) is 26.0 Å². The van der Waals surface area contributed by atoms with Crippen LogP contribution in [0.4, 0.5) is 4.39 Å². The number of nitrogens with two attached hydrogens (primary N) is 1. The molecular weight excluding hydrogens is 325 g/mol. The highest BCUT2D eigenvalue weighted by Gasteiger charge is 2.24. The van der Waals surface area contributed by atoms with Gasteiger partial charge in [-0.1, -0.05) is 6.92 Å². The number of furan rings is 1. The molecule has 1 heterocycles. The van der Waals surface area contributed by atoms with Gasteiger partial charge in [-0.05, 0) is 53.5 Å². The topological polar surface area (TPSA) is 48.4 Å². The second-order valence-corrected chi connectivity index (χ2v) is 5.49. The highest BCUT2D eigenvalue weighted by Crippen LogP contribution is 2.29. The van der Waals surface area contributed by atoms with E-state index in [1.165, 1.54) is 6.07 Å². The standard InChI is InChI=1S/C15H17BrFNO2/c1-3-13(18)15(14-7-4-9(2)19-14)20-10-5-6-11(16)12(17)8-10/h4-8,13,15H,3,18H2,1-2H3. The molecule has 20 heavy (non-hydrogen) atoms. The summed E-state index contributed by atoms with van der Waals surface area (Å²) in [5.41, 5.74) is 6.09. The molecule has 2 unspecified atom stereocenters. The lowest BCUT2D eigenvalue weighted by molar-refractivity contribution is 0.143. The molecule has 0 fully saturated rings. The normalized spacial score (nSPS) is 14.1. The van der Waals surface area contributed by atoms with Crippen molar-refractivity contribution in [1.82, 2.24) is 0 Å². The van der Waals surface area contributed by atoms with E-state index in [0.717, 1.165) is 12.2 Å². The highest BCUT2D eigenvalue weighted by atomic mass is 79.9. The summed E-state index contributed by atoms with van der Waals surface area (Å²) in [5.74, 6) is 1.50. The van der Waals surface area contributed by atoms with E-state index >= 15 is 0 Å². The van der Waals surface area contributed by atoms with Gasteiger partial charge in [-0.2, -0.15) is 0 Å². The average Bonchev–Trinajstić information content (AvgIpc) is 2.85. The van der Waals surface area contributed by atoms with Crippen LogP contribution in [0.3, 0.4) is 0 Å². The zero-order valence-electron chi connectivity index (χ0n) is 11.4. The van der Waals surface area contributed by atoms with Crippen molar-refractivity contribution in [1.29, 1.82) is 0 Å². The van der Waals surface area contributed by atoms with Crippen molar-refractivity contribution < 1.29 is 13.5 Å². The number of aryl methyl sites for hydroxylation is 1. The molecule has 1 aromatic carbocycles. The summed E-state index contributed by atoms with van der Waals surface area (Å²) < 4.78 is 25.3. The Labute approximate surface area is 126 Å². The van der Waals surface area contributed by atoms with Gasteiger partial charge >= 0.3 is 0 Å². The zero-order valence-corrected chi connectivity index (χ0v) is 13.0. The van der Waals surface area contributed by atoms with Gasteiger partial charge < -0.3 is 14.9 Å². The van der Waals surface area contributed by atoms with Gasteiger partial charge in [-0.3, -0.25) is 0 Å². The minimum Gasteiger partial charge on any atom is -0.481 e. The summed E-state index contributed by atoms with van der Waals surface area (Å²) in [7, 11) is 0. The maximum atomic E-state index is 13.5. The molecule has 2 rings (SSSR count). The average molecular weight is 342 g/mol. The van der Waals surface area contributed by atoms with Crippen LogP contribution >= 0.6 is 15.9 Å². The van der Waals surface area contributed by atoms with Crippen LogP contribution in [0.25, 0.3) is 0 Å². The van der Waals surface area contributed by atoms with Crippen LogP contribution < -0.4 is 10.5 Å². The van der Waals surface area contributed by atoms with Gasteiger partial charge in [0, 0.05) is 12.1 Å². The highest BCUT2D eigenvalue weighted by molar-refractivity contribution is 9.10. The molecule has 0 amide bonds. The van der Waals surface area contributed by atoms with Gasteiger partial charge in [0.2, 0.25) is 0 Å². The maximum absolute atomic E-state index is 13.5. The van der Waals surface area contributed by atoms with Crippen LogP contribution in [0.5, 0.6) is 5.75 Å². The molecule has 1 aromatic heterocycles. The Morgan fingerprint density at radius 3 is 2.65 bits per heavy atom. The van der Waals surface area contributed by atoms with Gasteiger partial charge in [0.1, 0.15) is 23.1 Å². The van der Waals surface area contributed by atoms with Crippen molar-refractivity contribution in [3.8, 4) is 5.75 Å². The molecule has 0 aliphatic rings. The van der Waals surface area contributed by atoms with Crippen molar-refractivity contribution in [3.05, 3.63) is 52.1 Å². The molecule has 2 atom stereocenters. The summed E-state index contributed by atoms with van der Waals surface area (Å²) in [6, 6.07) is 8.09. The van der Waals surface area contributed by atoms with E-state index in [9.17, 15) is 4.39 Å². The summed E-state index contributed by atoms with van der Waals surface area (Å²) in [6.45, 7) is 3.83. The molecule has 0 bridgehead atoms. The molecule has 108 valence electrons. The molecule has 2 N–H and O–H groups in total. The lowest BCUT2D eigenvalue weighted by Crippen LogP contribution is -2.31. The Morgan fingerprint density at radius 2 is 2.10 bits per heavy atom. The second kappa shape index (κ2) is 6.41. The predicted molar refractivity (Wildman–Crippen MR) is 79.2 cm³/mol. The van der Waals surface area contributed by atoms with Gasteiger partial charge in [-0.15, -0.1) is 0 Å². The van der Waals surface area contributed by atoms with E-state index < -0.39 is 6.10 Å². The van der Waals surface area contributed by atoms with Crippen molar-refractivity contribution in [2.75, 3.05) is 0 Å². The quantitative estimate of drug-likeness (QED) is 0.879. The number of halogens is 2. The fourth-order valence-corrected chi connectivity index (χ4v) is 2.12. The van der Waals surface area contributed by atoms with Crippen molar-refractivity contribution >= 4 is 15.9 Å². The Kier molecular flexibility index (Phi) is 4.83. The Balaban J connectivity index is 2.25. The second-order valence-electron chi connectivity index (χ2n) is 4.63. The lowest BCUT2D eigenvalue weighted by atomic mass is 10.1. The molecule has 0 aliphatic carbocycles. The van der Waals surface area contributed by atoms with Gasteiger partial charge in [0.25, 0.3) is 0 Å². The van der Waals surface area contributed by atoms with Gasteiger partial charge in [0.05, 0.1) is 4.47 Å². The van der Waals surface area contributed by atoms with Crippen LogP contribution in [-0.4, -0.2) is 6.04 Å². The summed E-state index contributed by atoms with van der Waals surface area (Å²) in [6.07, 6.45) is 0.290. The first-order valence-corrected chi connectivity index (χ1v) is 7.24. The third-order valence-corrected chi connectivity index (χ3v) is 3.70. The largest absolute Gasteiger partial charge is 0.481 e. The molecule has 0 aliphatic heterocycles. The summed E-state index contributed by atoms with van der Waals surface area (Å²) in [4.78, 5) is 0. The number of benzene rings is 1. The van der Waals surface area contributed by atoms with Crippen LogP contribution in [0.15, 0.2) is 39.2 Å². The van der Waals surface area contributed by atoms with Crippen LogP contribution in [0, 0.1) is 12.7 Å². The number of ether oxygens (including phenoxy) is 1. The van der Waals surface area contributed by atoms with Gasteiger partial charge in [0.15, 0.2) is 6.10 Å². The fourth-order valence-electron chi connectivity index (χ4n) is 1.87. The molecule has 2 aromatic rings.